The van der Waals surface area contributed by atoms with E-state index in [0.29, 0.717) is 133 Å². The van der Waals surface area contributed by atoms with Crippen molar-refractivity contribution in [2.75, 3.05) is 0 Å². The van der Waals surface area contributed by atoms with Crippen molar-refractivity contribution < 1.29 is 13.2 Å². The summed E-state index contributed by atoms with van der Waals surface area (Å²) in [4.78, 5) is 15.2. The number of nitriles is 8. The quantitative estimate of drug-likeness (QED) is 0.125. The number of halogens is 3. The smallest absolute Gasteiger partial charge is 0.309 e. The summed E-state index contributed by atoms with van der Waals surface area (Å²) in [5.74, 6) is 0.951. The van der Waals surface area contributed by atoms with E-state index in [1.54, 1.807) is 60.7 Å². The first kappa shape index (κ1) is 61.2. The molecule has 0 aliphatic heterocycles. The molecule has 15 rings (SSSR count). The molecule has 3 aromatic heterocycles. The van der Waals surface area contributed by atoms with Gasteiger partial charge in [0.2, 0.25) is 0 Å². The van der Waals surface area contributed by atoms with Crippen molar-refractivity contribution >= 4 is 43.6 Å². The topological polar surface area (TPSA) is 239 Å². The summed E-state index contributed by atoms with van der Waals surface area (Å²) in [7, 11) is 0. The maximum atomic E-state index is 15.9. The van der Waals surface area contributed by atoms with E-state index in [1.165, 1.54) is 30.3 Å². The molecule has 0 N–H and O–H groups in total. The molecule has 0 fully saturated rings. The predicted octanol–water partition coefficient (Wildman–Crippen LogP) is 19.4. The van der Waals surface area contributed by atoms with Gasteiger partial charge >= 0.3 is 6.18 Å². The number of hydrogen-bond donors (Lipinski definition) is 0. The van der Waals surface area contributed by atoms with E-state index in [2.05, 4.69) is 48.6 Å². The Hall–Kier alpha value is -15.0. The molecule has 3 heterocycles. The van der Waals surface area contributed by atoms with Gasteiger partial charge in [0.15, 0.2) is 17.5 Å². The van der Waals surface area contributed by atoms with Gasteiger partial charge in [-0.15, -0.1) is 0 Å². The van der Waals surface area contributed by atoms with Gasteiger partial charge in [0.1, 0.15) is 0 Å². The number of aromatic nitrogens is 5. The van der Waals surface area contributed by atoms with Crippen LogP contribution in [0.5, 0.6) is 0 Å². The second-order valence-corrected chi connectivity index (χ2v) is 23.5. The maximum absolute atomic E-state index is 15.9. The van der Waals surface area contributed by atoms with E-state index < -0.39 is 11.7 Å². The van der Waals surface area contributed by atoms with E-state index in [-0.39, 0.29) is 55.9 Å². The Labute approximate surface area is 568 Å². The number of alkyl halides is 3. The Morgan fingerprint density at radius 3 is 0.910 bits per heavy atom. The Kier molecular flexibility index (Phi) is 15.1. The second-order valence-electron chi connectivity index (χ2n) is 23.5. The van der Waals surface area contributed by atoms with Gasteiger partial charge in [0.25, 0.3) is 0 Å². The van der Waals surface area contributed by atoms with Crippen LogP contribution in [0.25, 0.3) is 145 Å². The fourth-order valence-corrected chi connectivity index (χ4v) is 13.2. The summed E-state index contributed by atoms with van der Waals surface area (Å²) in [6, 6.07) is 87.0. The number of fused-ring (bicyclic) bond motifs is 6. The lowest BCUT2D eigenvalue weighted by molar-refractivity contribution is -0.137. The molecule has 15 aromatic rings. The molecule has 0 saturated carbocycles. The zero-order chi connectivity index (χ0) is 68.9. The van der Waals surface area contributed by atoms with Crippen molar-refractivity contribution in [1.29, 1.82) is 42.1 Å². The third kappa shape index (κ3) is 10.6. The number of hydrogen-bond acceptors (Lipinski definition) is 11. The lowest BCUT2D eigenvalue weighted by Crippen LogP contribution is -2.08. The highest BCUT2D eigenvalue weighted by molar-refractivity contribution is 6.14. The molecular formula is C84H40F3N13. The van der Waals surface area contributed by atoms with Crippen LogP contribution in [0.3, 0.4) is 0 Å². The molecule has 462 valence electrons. The number of rotatable bonds is 10. The molecule has 0 atom stereocenters. The number of nitrogens with zero attached hydrogens (tertiary/aromatic N) is 13. The number of benzene rings is 12. The van der Waals surface area contributed by atoms with Crippen molar-refractivity contribution in [3.63, 3.8) is 0 Å². The molecule has 12 aromatic carbocycles. The summed E-state index contributed by atoms with van der Waals surface area (Å²) >= 11 is 0. The highest BCUT2D eigenvalue weighted by Gasteiger charge is 2.33. The fraction of sp³-hybridized carbons (Fsp3) is 0.0119. The standard InChI is InChI=1S/C84H40F3N13/c85-84(86,87)64-20-30-79(99-75-26-16-55(65-21-11-49(41-88)31-60(65)45-92)35-70(75)71-36-56(17-27-76(71)99)66-22-12-50(42-89)32-61(66)46-93)74(40-64)69-25-15-59(83-97-81(53-7-3-1-4-8-53)96-82(98-83)54-9-5-2-6-10-54)39-80(69)100-77-28-18-57(67-23-13-51(43-90)33-62(67)47-94)37-72(77)73-38-58(19-29-78(73)100)68-24-14-52(44-91)34-63(68)48-95/h1-40H. The minimum atomic E-state index is -4.87. The van der Waals surface area contributed by atoms with Gasteiger partial charge in [-0.3, -0.25) is 0 Å². The van der Waals surface area contributed by atoms with E-state index in [0.717, 1.165) is 12.1 Å². The van der Waals surface area contributed by atoms with Crippen molar-refractivity contribution in [1.82, 2.24) is 24.1 Å². The van der Waals surface area contributed by atoms with E-state index in [1.807, 2.05) is 149 Å². The Bertz CT molecular complexity index is 6060. The van der Waals surface area contributed by atoms with E-state index in [4.69, 9.17) is 15.0 Å². The van der Waals surface area contributed by atoms with Crippen LogP contribution in [-0.4, -0.2) is 24.1 Å². The summed E-state index contributed by atoms with van der Waals surface area (Å²) in [5, 5.41) is 83.9. The van der Waals surface area contributed by atoms with Gasteiger partial charge in [-0.1, -0.05) is 121 Å². The summed E-state index contributed by atoms with van der Waals surface area (Å²) in [5.41, 5.74) is 10.9. The highest BCUT2D eigenvalue weighted by atomic mass is 19.4. The molecule has 0 bridgehead atoms. The Morgan fingerprint density at radius 2 is 0.580 bits per heavy atom. The van der Waals surface area contributed by atoms with E-state index >= 15 is 13.2 Å². The average molecular weight is 1290 g/mol. The molecule has 0 aliphatic carbocycles. The molecule has 100 heavy (non-hydrogen) atoms. The van der Waals surface area contributed by atoms with Crippen molar-refractivity contribution in [2.24, 2.45) is 0 Å². The zero-order valence-electron chi connectivity index (χ0n) is 52.0. The molecular weight excluding hydrogens is 1250 g/mol. The Morgan fingerprint density at radius 1 is 0.260 bits per heavy atom. The van der Waals surface area contributed by atoms with Crippen LogP contribution < -0.4 is 0 Å². The second kappa shape index (κ2) is 24.7. The molecule has 0 amide bonds. The van der Waals surface area contributed by atoms with Crippen LogP contribution in [-0.2, 0) is 6.18 Å². The monoisotopic (exact) mass is 1290 g/mol. The first-order chi connectivity index (χ1) is 48.8. The van der Waals surface area contributed by atoms with Gasteiger partial charge in [-0.25, -0.2) is 15.0 Å². The SMILES string of the molecule is N#Cc1ccc(-c2ccc3c(c2)c2cc(-c4ccc(C#N)cc4C#N)ccc2n3-c2ccc(C(F)(F)F)cc2-c2ccc(-c3nc(-c4ccccc4)nc(-c4ccccc4)n3)cc2-n2c3ccc(-c4ccc(C#N)cc4C#N)cc3c3cc(-c4ccc(C#N)cc4C#N)ccc32)c(C#N)c1. The average Bonchev–Trinajstić information content (AvgIpc) is 1.58. The molecule has 0 saturated heterocycles. The first-order valence-corrected chi connectivity index (χ1v) is 31.0. The van der Waals surface area contributed by atoms with Gasteiger partial charge < -0.3 is 9.13 Å². The molecule has 0 unspecified atom stereocenters. The van der Waals surface area contributed by atoms with Crippen molar-refractivity contribution in [3.05, 3.63) is 293 Å². The normalized spacial score (nSPS) is 11.1. The highest BCUT2D eigenvalue weighted by Crippen LogP contribution is 2.47. The first-order valence-electron chi connectivity index (χ1n) is 31.0. The third-order valence-electron chi connectivity index (χ3n) is 17.9. The van der Waals surface area contributed by atoms with Gasteiger partial charge in [-0.05, 0) is 166 Å². The van der Waals surface area contributed by atoms with Crippen molar-refractivity contribution in [2.45, 2.75) is 6.18 Å². The Balaban J connectivity index is 1.06. The molecule has 0 radical (unpaired) electrons. The lowest BCUT2D eigenvalue weighted by Gasteiger charge is -2.21. The van der Waals surface area contributed by atoms with Gasteiger partial charge in [-0.2, -0.15) is 55.3 Å². The summed E-state index contributed by atoms with van der Waals surface area (Å²) in [6.45, 7) is 0. The third-order valence-corrected chi connectivity index (χ3v) is 17.9. The van der Waals surface area contributed by atoms with E-state index in [9.17, 15) is 42.1 Å². The van der Waals surface area contributed by atoms with Crippen LogP contribution in [0.4, 0.5) is 13.2 Å². The van der Waals surface area contributed by atoms with Crippen LogP contribution in [0.2, 0.25) is 0 Å². The van der Waals surface area contributed by atoms with Gasteiger partial charge in [0, 0.05) is 49.4 Å². The van der Waals surface area contributed by atoms with Crippen LogP contribution in [0.15, 0.2) is 243 Å². The molecule has 0 aliphatic rings. The van der Waals surface area contributed by atoms with Crippen molar-refractivity contribution in [3.8, 4) is 150 Å². The summed E-state index contributed by atoms with van der Waals surface area (Å²) in [6.07, 6.45) is -4.87. The zero-order valence-corrected chi connectivity index (χ0v) is 52.0. The summed E-state index contributed by atoms with van der Waals surface area (Å²) < 4.78 is 51.5. The van der Waals surface area contributed by atoms with Crippen LogP contribution >= 0.6 is 0 Å². The van der Waals surface area contributed by atoms with Crippen LogP contribution in [0.1, 0.15) is 50.1 Å². The largest absolute Gasteiger partial charge is 0.416 e. The minimum Gasteiger partial charge on any atom is -0.309 e. The molecule has 16 heteroatoms. The minimum absolute atomic E-state index is 0.127. The van der Waals surface area contributed by atoms with Gasteiger partial charge in [0.05, 0.1) is 132 Å². The van der Waals surface area contributed by atoms with Crippen LogP contribution in [0, 0.1) is 90.6 Å². The molecule has 0 spiro atoms. The maximum Gasteiger partial charge on any atom is 0.416 e. The predicted molar refractivity (Wildman–Crippen MR) is 375 cm³/mol. The lowest BCUT2D eigenvalue weighted by atomic mass is 9.95. The molecule has 13 nitrogen and oxygen atoms in total. The fourth-order valence-electron chi connectivity index (χ4n) is 13.2.